The second-order valence-corrected chi connectivity index (χ2v) is 3.61. The van der Waals surface area contributed by atoms with Crippen molar-refractivity contribution in [2.45, 2.75) is 38.8 Å². The monoisotopic (exact) mass is 193 g/mol. The molecule has 3 heteroatoms. The van der Waals surface area contributed by atoms with Gasteiger partial charge in [-0.1, -0.05) is 0 Å². The van der Waals surface area contributed by atoms with Crippen LogP contribution in [0.25, 0.3) is 0 Å². The smallest absolute Gasteiger partial charge is 0.0476 e. The van der Waals surface area contributed by atoms with Crippen LogP contribution < -0.4 is 5.32 Å². The van der Waals surface area contributed by atoms with Crippen LogP contribution in [-0.4, -0.2) is 31.7 Å². The van der Waals surface area contributed by atoms with E-state index in [1.807, 2.05) is 0 Å². The molecule has 12 heavy (non-hydrogen) atoms. The molecular weight excluding hydrogens is 174 g/mol. The van der Waals surface area contributed by atoms with Gasteiger partial charge < -0.3 is 10.1 Å². The Morgan fingerprint density at radius 2 is 1.83 bits per heavy atom. The van der Waals surface area contributed by atoms with Gasteiger partial charge in [-0.25, -0.2) is 0 Å². The number of methoxy groups -OCH3 is 1. The maximum Gasteiger partial charge on any atom is 0.0476 e. The van der Waals surface area contributed by atoms with Crippen LogP contribution in [0.4, 0.5) is 0 Å². The molecule has 0 aliphatic heterocycles. The number of hydrogen-bond acceptors (Lipinski definition) is 2. The average Bonchev–Trinajstić information content (AvgIpc) is 2.01. The van der Waals surface area contributed by atoms with E-state index >= 15 is 0 Å². The lowest BCUT2D eigenvalue weighted by Crippen LogP contribution is -2.35. The summed E-state index contributed by atoms with van der Waals surface area (Å²) in [6, 6.07) is 1.03. The Morgan fingerprint density at radius 3 is 2.33 bits per heavy atom. The van der Waals surface area contributed by atoms with Crippen molar-refractivity contribution < 1.29 is 4.74 Å². The SMILES string of the molecule is COCCC(C)NC(C)CCCl. The van der Waals surface area contributed by atoms with Gasteiger partial charge in [0.05, 0.1) is 0 Å². The molecule has 2 atom stereocenters. The highest BCUT2D eigenvalue weighted by Crippen LogP contribution is 1.98. The summed E-state index contributed by atoms with van der Waals surface area (Å²) in [4.78, 5) is 0. The Bertz CT molecular complexity index is 101. The number of nitrogens with one attached hydrogen (secondary N) is 1. The Hall–Kier alpha value is 0.210. The van der Waals surface area contributed by atoms with Crippen molar-refractivity contribution in [2.75, 3.05) is 19.6 Å². The number of ether oxygens (including phenoxy) is 1. The van der Waals surface area contributed by atoms with Gasteiger partial charge in [-0.3, -0.25) is 0 Å². The molecule has 0 spiro atoms. The molecule has 0 aromatic heterocycles. The van der Waals surface area contributed by atoms with Gasteiger partial charge >= 0.3 is 0 Å². The molecule has 0 radical (unpaired) electrons. The number of rotatable bonds is 7. The lowest BCUT2D eigenvalue weighted by atomic mass is 10.2. The predicted octanol–water partition coefficient (Wildman–Crippen LogP) is 2.02. The second-order valence-electron chi connectivity index (χ2n) is 3.23. The fraction of sp³-hybridized carbons (Fsp3) is 1.00. The summed E-state index contributed by atoms with van der Waals surface area (Å²) in [5.41, 5.74) is 0. The zero-order chi connectivity index (χ0) is 9.40. The van der Waals surface area contributed by atoms with Crippen LogP contribution in [0.1, 0.15) is 26.7 Å². The quantitative estimate of drug-likeness (QED) is 0.625. The van der Waals surface area contributed by atoms with Crippen molar-refractivity contribution in [3.63, 3.8) is 0 Å². The van der Waals surface area contributed by atoms with Crippen molar-refractivity contribution in [1.82, 2.24) is 5.32 Å². The van der Waals surface area contributed by atoms with E-state index < -0.39 is 0 Å². The number of halogens is 1. The highest BCUT2D eigenvalue weighted by Gasteiger charge is 2.05. The minimum Gasteiger partial charge on any atom is -0.385 e. The summed E-state index contributed by atoms with van der Waals surface area (Å²) in [7, 11) is 1.73. The van der Waals surface area contributed by atoms with E-state index in [2.05, 4.69) is 19.2 Å². The van der Waals surface area contributed by atoms with Crippen molar-refractivity contribution in [3.05, 3.63) is 0 Å². The molecule has 0 rings (SSSR count). The van der Waals surface area contributed by atoms with Crippen molar-refractivity contribution in [3.8, 4) is 0 Å². The zero-order valence-corrected chi connectivity index (χ0v) is 9.03. The van der Waals surface area contributed by atoms with Gasteiger partial charge in [0.1, 0.15) is 0 Å². The normalized spacial score (nSPS) is 16.0. The Kier molecular flexibility index (Phi) is 7.98. The molecule has 0 aromatic carbocycles. The summed E-state index contributed by atoms with van der Waals surface area (Å²) in [6.45, 7) is 5.15. The third-order valence-electron chi connectivity index (χ3n) is 1.87. The first-order valence-electron chi connectivity index (χ1n) is 4.51. The minimum absolute atomic E-state index is 0.509. The Morgan fingerprint density at radius 1 is 1.25 bits per heavy atom. The third-order valence-corrected chi connectivity index (χ3v) is 2.08. The van der Waals surface area contributed by atoms with E-state index in [1.165, 1.54) is 0 Å². The largest absolute Gasteiger partial charge is 0.385 e. The van der Waals surface area contributed by atoms with Gasteiger partial charge in [0.2, 0.25) is 0 Å². The van der Waals surface area contributed by atoms with Crippen molar-refractivity contribution >= 4 is 11.6 Å². The molecule has 0 heterocycles. The van der Waals surface area contributed by atoms with E-state index in [1.54, 1.807) is 7.11 Å². The molecule has 74 valence electrons. The third kappa shape index (κ3) is 6.89. The fourth-order valence-electron chi connectivity index (χ4n) is 1.11. The van der Waals surface area contributed by atoms with Crippen molar-refractivity contribution in [1.29, 1.82) is 0 Å². The Balaban J connectivity index is 3.33. The number of hydrogen-bond donors (Lipinski definition) is 1. The van der Waals surface area contributed by atoms with E-state index in [0.717, 1.165) is 25.3 Å². The molecule has 1 N–H and O–H groups in total. The van der Waals surface area contributed by atoms with Crippen molar-refractivity contribution in [2.24, 2.45) is 0 Å². The minimum atomic E-state index is 0.509. The molecule has 0 amide bonds. The maximum absolute atomic E-state index is 5.62. The van der Waals surface area contributed by atoms with Gasteiger partial charge in [-0.05, 0) is 26.7 Å². The molecule has 0 saturated carbocycles. The molecule has 0 fully saturated rings. The van der Waals surface area contributed by atoms with Crippen LogP contribution in [0.5, 0.6) is 0 Å². The first-order valence-corrected chi connectivity index (χ1v) is 5.05. The molecular formula is C9H20ClNO. The van der Waals surface area contributed by atoms with Gasteiger partial charge in [0, 0.05) is 31.7 Å². The second kappa shape index (κ2) is 7.84. The summed E-state index contributed by atoms with van der Waals surface area (Å²) in [6.07, 6.45) is 2.09. The molecule has 2 unspecified atom stereocenters. The van der Waals surface area contributed by atoms with Gasteiger partial charge in [0.15, 0.2) is 0 Å². The summed E-state index contributed by atoms with van der Waals surface area (Å²) < 4.78 is 4.99. The van der Waals surface area contributed by atoms with Gasteiger partial charge in [0.25, 0.3) is 0 Å². The van der Waals surface area contributed by atoms with E-state index in [9.17, 15) is 0 Å². The first kappa shape index (κ1) is 12.2. The van der Waals surface area contributed by atoms with Gasteiger partial charge in [-0.2, -0.15) is 0 Å². The van der Waals surface area contributed by atoms with Crippen LogP contribution in [0, 0.1) is 0 Å². The van der Waals surface area contributed by atoms with Crippen LogP contribution in [-0.2, 0) is 4.74 Å². The predicted molar refractivity (Wildman–Crippen MR) is 53.9 cm³/mol. The molecule has 0 aliphatic carbocycles. The maximum atomic E-state index is 5.62. The van der Waals surface area contributed by atoms with E-state index in [0.29, 0.717) is 12.1 Å². The lowest BCUT2D eigenvalue weighted by molar-refractivity contribution is 0.183. The summed E-state index contributed by atoms with van der Waals surface area (Å²) in [5, 5.41) is 3.45. The highest BCUT2D eigenvalue weighted by molar-refractivity contribution is 6.17. The van der Waals surface area contributed by atoms with Crippen LogP contribution in [0.2, 0.25) is 0 Å². The molecule has 0 saturated heterocycles. The van der Waals surface area contributed by atoms with Crippen LogP contribution in [0.15, 0.2) is 0 Å². The molecule has 2 nitrogen and oxygen atoms in total. The van der Waals surface area contributed by atoms with Crippen LogP contribution in [0.3, 0.4) is 0 Å². The molecule has 0 bridgehead atoms. The topological polar surface area (TPSA) is 21.3 Å². The standard InChI is InChI=1S/C9H20ClNO/c1-8(4-6-10)11-9(2)5-7-12-3/h8-9,11H,4-7H2,1-3H3. The summed E-state index contributed by atoms with van der Waals surface area (Å²) >= 11 is 5.62. The zero-order valence-electron chi connectivity index (χ0n) is 8.27. The van der Waals surface area contributed by atoms with E-state index in [-0.39, 0.29) is 0 Å². The molecule has 0 aliphatic rings. The molecule has 0 aromatic rings. The average molecular weight is 194 g/mol. The summed E-state index contributed by atoms with van der Waals surface area (Å²) in [5.74, 6) is 0.727. The van der Waals surface area contributed by atoms with Crippen LogP contribution >= 0.6 is 11.6 Å². The Labute approximate surface area is 80.6 Å². The van der Waals surface area contributed by atoms with Gasteiger partial charge in [-0.15, -0.1) is 11.6 Å². The van der Waals surface area contributed by atoms with E-state index in [4.69, 9.17) is 16.3 Å². The highest BCUT2D eigenvalue weighted by atomic mass is 35.5. The number of alkyl halides is 1. The lowest BCUT2D eigenvalue weighted by Gasteiger charge is -2.18. The fourth-order valence-corrected chi connectivity index (χ4v) is 1.44. The first-order chi connectivity index (χ1) is 5.70.